The molecule has 106 valence electrons. The Labute approximate surface area is 115 Å². The first kappa shape index (κ1) is 14.1. The number of carbonyl (C=O) groups excluding carboxylic acids is 2. The average Bonchev–Trinajstić information content (AvgIpc) is 3.06. The fourth-order valence-electron chi connectivity index (χ4n) is 1.75. The standard InChI is InChI=1S/C14H16N2O4/c1-9(17)10-6-11(15-7-10)13(18)16-8-14(2,19)12-4-3-5-20-12/h3-7,15,19H,8H2,1-2H3,(H,16,18). The van der Waals surface area contributed by atoms with Gasteiger partial charge in [-0.1, -0.05) is 0 Å². The number of hydrogen-bond acceptors (Lipinski definition) is 4. The first-order valence-corrected chi connectivity index (χ1v) is 6.14. The molecule has 3 N–H and O–H groups in total. The second-order valence-electron chi connectivity index (χ2n) is 4.79. The predicted octanol–water partition coefficient (Wildman–Crippen LogP) is 1.45. The maximum atomic E-state index is 11.9. The monoisotopic (exact) mass is 276 g/mol. The van der Waals surface area contributed by atoms with Gasteiger partial charge in [0.05, 0.1) is 12.8 Å². The van der Waals surface area contributed by atoms with Crippen LogP contribution < -0.4 is 5.32 Å². The normalized spacial score (nSPS) is 13.8. The molecule has 0 bridgehead atoms. The van der Waals surface area contributed by atoms with Crippen molar-refractivity contribution >= 4 is 11.7 Å². The second kappa shape index (κ2) is 5.34. The van der Waals surface area contributed by atoms with E-state index in [1.54, 1.807) is 19.1 Å². The molecule has 20 heavy (non-hydrogen) atoms. The number of furan rings is 1. The molecule has 1 unspecified atom stereocenters. The zero-order chi connectivity index (χ0) is 14.8. The van der Waals surface area contributed by atoms with E-state index in [9.17, 15) is 14.7 Å². The van der Waals surface area contributed by atoms with Crippen LogP contribution in [0.25, 0.3) is 0 Å². The quantitative estimate of drug-likeness (QED) is 0.720. The van der Waals surface area contributed by atoms with Crippen molar-refractivity contribution in [3.8, 4) is 0 Å². The van der Waals surface area contributed by atoms with Crippen molar-refractivity contribution in [2.24, 2.45) is 0 Å². The van der Waals surface area contributed by atoms with Crippen LogP contribution in [0.5, 0.6) is 0 Å². The van der Waals surface area contributed by atoms with Crippen LogP contribution in [0.1, 0.15) is 40.5 Å². The highest BCUT2D eigenvalue weighted by molar-refractivity contribution is 5.99. The number of nitrogens with one attached hydrogen (secondary N) is 2. The van der Waals surface area contributed by atoms with Crippen molar-refractivity contribution in [2.75, 3.05) is 6.54 Å². The lowest BCUT2D eigenvalue weighted by Crippen LogP contribution is -2.38. The van der Waals surface area contributed by atoms with Crippen molar-refractivity contribution in [1.82, 2.24) is 10.3 Å². The molecule has 2 heterocycles. The van der Waals surface area contributed by atoms with Gasteiger partial charge in [-0.3, -0.25) is 9.59 Å². The van der Waals surface area contributed by atoms with E-state index in [1.165, 1.54) is 25.5 Å². The molecular formula is C14H16N2O4. The van der Waals surface area contributed by atoms with E-state index in [0.29, 0.717) is 11.3 Å². The molecule has 2 rings (SSSR count). The molecule has 1 amide bonds. The first-order valence-electron chi connectivity index (χ1n) is 6.14. The Morgan fingerprint density at radius 1 is 1.50 bits per heavy atom. The van der Waals surface area contributed by atoms with Crippen LogP contribution in [0.2, 0.25) is 0 Å². The third kappa shape index (κ3) is 2.97. The second-order valence-corrected chi connectivity index (χ2v) is 4.79. The summed E-state index contributed by atoms with van der Waals surface area (Å²) in [5, 5.41) is 12.8. The van der Waals surface area contributed by atoms with Gasteiger partial charge in [-0.25, -0.2) is 0 Å². The summed E-state index contributed by atoms with van der Waals surface area (Å²) in [5.74, 6) is -0.152. The average molecular weight is 276 g/mol. The zero-order valence-corrected chi connectivity index (χ0v) is 11.3. The molecule has 1 atom stereocenters. The largest absolute Gasteiger partial charge is 0.466 e. The number of Topliss-reactive ketones (excluding diaryl/α,β-unsaturated/α-hetero) is 1. The van der Waals surface area contributed by atoms with Crippen LogP contribution in [0.4, 0.5) is 0 Å². The third-order valence-corrected chi connectivity index (χ3v) is 2.98. The summed E-state index contributed by atoms with van der Waals surface area (Å²) in [5.41, 5.74) is -0.590. The smallest absolute Gasteiger partial charge is 0.267 e. The molecule has 2 aromatic rings. The fraction of sp³-hybridized carbons (Fsp3) is 0.286. The maximum absolute atomic E-state index is 11.9. The summed E-state index contributed by atoms with van der Waals surface area (Å²) < 4.78 is 5.12. The number of rotatable bonds is 5. The van der Waals surface area contributed by atoms with Gasteiger partial charge in [0.15, 0.2) is 5.78 Å². The lowest BCUT2D eigenvalue weighted by molar-refractivity contribution is 0.0329. The molecule has 0 aliphatic rings. The molecule has 0 saturated carbocycles. The first-order chi connectivity index (χ1) is 9.40. The van der Waals surface area contributed by atoms with E-state index in [0.717, 1.165) is 0 Å². The van der Waals surface area contributed by atoms with Crippen LogP contribution >= 0.6 is 0 Å². The summed E-state index contributed by atoms with van der Waals surface area (Å²) in [4.78, 5) is 25.8. The number of H-pyrrole nitrogens is 1. The van der Waals surface area contributed by atoms with Gasteiger partial charge >= 0.3 is 0 Å². The number of amides is 1. The molecule has 0 aliphatic carbocycles. The van der Waals surface area contributed by atoms with Crippen LogP contribution in [0, 0.1) is 0 Å². The van der Waals surface area contributed by atoms with Crippen LogP contribution in [-0.4, -0.2) is 28.3 Å². The van der Waals surface area contributed by atoms with Gasteiger partial charge in [0, 0.05) is 11.8 Å². The minimum atomic E-state index is -1.30. The van der Waals surface area contributed by atoms with Crippen molar-refractivity contribution < 1.29 is 19.1 Å². The Bertz CT molecular complexity index is 611. The van der Waals surface area contributed by atoms with E-state index >= 15 is 0 Å². The van der Waals surface area contributed by atoms with E-state index in [2.05, 4.69) is 10.3 Å². The zero-order valence-electron chi connectivity index (χ0n) is 11.3. The number of hydrogen-bond donors (Lipinski definition) is 3. The number of aromatic nitrogens is 1. The summed E-state index contributed by atoms with van der Waals surface area (Å²) in [6, 6.07) is 4.77. The van der Waals surface area contributed by atoms with Gasteiger partial charge in [0.2, 0.25) is 0 Å². The summed E-state index contributed by atoms with van der Waals surface area (Å²) in [6.45, 7) is 2.96. The molecular weight excluding hydrogens is 260 g/mol. The molecule has 6 heteroatoms. The van der Waals surface area contributed by atoms with E-state index in [-0.39, 0.29) is 18.0 Å². The highest BCUT2D eigenvalue weighted by Gasteiger charge is 2.27. The SMILES string of the molecule is CC(=O)c1c[nH]c(C(=O)NCC(C)(O)c2ccco2)c1. The topological polar surface area (TPSA) is 95.3 Å². The highest BCUT2D eigenvalue weighted by atomic mass is 16.4. The number of aromatic amines is 1. The highest BCUT2D eigenvalue weighted by Crippen LogP contribution is 2.19. The van der Waals surface area contributed by atoms with E-state index in [1.807, 2.05) is 0 Å². The third-order valence-electron chi connectivity index (χ3n) is 2.98. The minimum absolute atomic E-state index is 0.00618. The summed E-state index contributed by atoms with van der Waals surface area (Å²) in [7, 11) is 0. The van der Waals surface area contributed by atoms with Crippen LogP contribution in [-0.2, 0) is 5.60 Å². The fourth-order valence-corrected chi connectivity index (χ4v) is 1.75. The summed E-state index contributed by atoms with van der Waals surface area (Å²) >= 11 is 0. The molecule has 0 saturated heterocycles. The lowest BCUT2D eigenvalue weighted by atomic mass is 10.0. The van der Waals surface area contributed by atoms with Crippen molar-refractivity contribution in [1.29, 1.82) is 0 Å². The number of carbonyl (C=O) groups is 2. The molecule has 2 aromatic heterocycles. The Morgan fingerprint density at radius 3 is 2.80 bits per heavy atom. The minimum Gasteiger partial charge on any atom is -0.466 e. The Morgan fingerprint density at radius 2 is 2.25 bits per heavy atom. The maximum Gasteiger partial charge on any atom is 0.267 e. The Kier molecular flexibility index (Phi) is 3.76. The van der Waals surface area contributed by atoms with Gasteiger partial charge in [0.25, 0.3) is 5.91 Å². The lowest BCUT2D eigenvalue weighted by Gasteiger charge is -2.20. The predicted molar refractivity (Wildman–Crippen MR) is 71.4 cm³/mol. The van der Waals surface area contributed by atoms with Crippen molar-refractivity contribution in [3.05, 3.63) is 47.7 Å². The van der Waals surface area contributed by atoms with Gasteiger partial charge in [-0.05, 0) is 32.0 Å². The molecule has 0 radical (unpaired) electrons. The molecule has 6 nitrogen and oxygen atoms in total. The van der Waals surface area contributed by atoms with Crippen molar-refractivity contribution in [2.45, 2.75) is 19.4 Å². The Balaban J connectivity index is 1.99. The van der Waals surface area contributed by atoms with Gasteiger partial charge in [-0.15, -0.1) is 0 Å². The molecule has 0 fully saturated rings. The number of aliphatic hydroxyl groups is 1. The molecule has 0 aliphatic heterocycles. The number of ketones is 1. The van der Waals surface area contributed by atoms with Crippen LogP contribution in [0.15, 0.2) is 35.1 Å². The van der Waals surface area contributed by atoms with E-state index < -0.39 is 11.5 Å². The summed E-state index contributed by atoms with van der Waals surface area (Å²) in [6.07, 6.45) is 2.93. The van der Waals surface area contributed by atoms with Gasteiger partial charge < -0.3 is 19.8 Å². The molecule has 0 spiro atoms. The van der Waals surface area contributed by atoms with Crippen LogP contribution in [0.3, 0.4) is 0 Å². The van der Waals surface area contributed by atoms with Gasteiger partial charge in [0.1, 0.15) is 17.1 Å². The van der Waals surface area contributed by atoms with E-state index in [4.69, 9.17) is 4.42 Å². The van der Waals surface area contributed by atoms with Crippen molar-refractivity contribution in [3.63, 3.8) is 0 Å². The Hall–Kier alpha value is -2.34. The molecule has 0 aromatic carbocycles. The van der Waals surface area contributed by atoms with Gasteiger partial charge in [-0.2, -0.15) is 0 Å².